The third-order valence-electron chi connectivity index (χ3n) is 5.32. The second-order valence-electron chi connectivity index (χ2n) is 7.34. The van der Waals surface area contributed by atoms with Crippen LogP contribution in [-0.4, -0.2) is 64.1 Å². The Kier molecular flexibility index (Phi) is 5.16. The summed E-state index contributed by atoms with van der Waals surface area (Å²) in [5.74, 6) is -0.957. The summed E-state index contributed by atoms with van der Waals surface area (Å²) in [7, 11) is 0. The minimum atomic E-state index is -0.684. The Balaban J connectivity index is 1.40. The number of urea groups is 1. The molecular formula is C21H22N4O4. The van der Waals surface area contributed by atoms with E-state index in [1.165, 1.54) is 12.3 Å². The van der Waals surface area contributed by atoms with Crippen molar-refractivity contribution < 1.29 is 19.2 Å². The Bertz CT molecular complexity index is 947. The summed E-state index contributed by atoms with van der Waals surface area (Å²) in [6.45, 7) is 1.07. The quantitative estimate of drug-likeness (QED) is 0.574. The maximum absolute atomic E-state index is 12.6. The van der Waals surface area contributed by atoms with Crippen LogP contribution in [0.2, 0.25) is 0 Å². The van der Waals surface area contributed by atoms with Gasteiger partial charge in [0.25, 0.3) is 11.8 Å². The first-order chi connectivity index (χ1) is 14.0. The number of rotatable bonds is 6. The van der Waals surface area contributed by atoms with E-state index < -0.39 is 23.8 Å². The van der Waals surface area contributed by atoms with Gasteiger partial charge in [0.1, 0.15) is 11.7 Å². The molecule has 8 nitrogen and oxygen atoms in total. The molecule has 2 saturated heterocycles. The highest BCUT2D eigenvalue weighted by atomic mass is 16.2. The predicted molar refractivity (Wildman–Crippen MR) is 104 cm³/mol. The summed E-state index contributed by atoms with van der Waals surface area (Å²) in [4.78, 5) is 55.3. The van der Waals surface area contributed by atoms with E-state index in [2.05, 4.69) is 10.3 Å². The minimum Gasteiger partial charge on any atom is -0.356 e. The number of carbonyl (C=O) groups excluding carboxylic acids is 4. The lowest BCUT2D eigenvalue weighted by Gasteiger charge is -2.13. The third-order valence-corrected chi connectivity index (χ3v) is 5.32. The number of Topliss-reactive ketones (excluding diaryl/α,β-unsaturated/α-hetero) is 1. The van der Waals surface area contributed by atoms with E-state index in [4.69, 9.17) is 0 Å². The zero-order chi connectivity index (χ0) is 20.4. The number of hydrogen-bond acceptors (Lipinski definition) is 4. The van der Waals surface area contributed by atoms with Crippen LogP contribution in [0, 0.1) is 0 Å². The molecule has 150 valence electrons. The molecule has 0 aliphatic carbocycles. The molecule has 0 unspecified atom stereocenters. The number of H-pyrrole nitrogens is 1. The van der Waals surface area contributed by atoms with Crippen LogP contribution in [0.3, 0.4) is 0 Å². The standard InChI is InChI=1S/C21H22N4O4/c26-18(15-11-16(22-12-15)19(27)24-8-4-5-9-24)13-25-20(28)17(23-21(25)29)10-14-6-2-1-3-7-14/h1-3,6-7,11-12,17,22H,4-5,8-10,13H2,(H,23,29)/t17-/m0/s1. The van der Waals surface area contributed by atoms with Gasteiger partial charge in [0.05, 0.1) is 6.54 Å². The van der Waals surface area contributed by atoms with Crippen LogP contribution < -0.4 is 5.32 Å². The van der Waals surface area contributed by atoms with Crippen LogP contribution in [0.5, 0.6) is 0 Å². The number of imide groups is 1. The number of carbonyl (C=O) groups is 4. The van der Waals surface area contributed by atoms with Crippen molar-refractivity contribution in [3.05, 3.63) is 59.4 Å². The van der Waals surface area contributed by atoms with E-state index in [0.717, 1.165) is 23.3 Å². The first-order valence-electron chi connectivity index (χ1n) is 9.69. The molecule has 4 amide bonds. The van der Waals surface area contributed by atoms with Crippen molar-refractivity contribution in [3.8, 4) is 0 Å². The molecular weight excluding hydrogens is 372 g/mol. The molecule has 3 heterocycles. The van der Waals surface area contributed by atoms with Crippen molar-refractivity contribution in [1.29, 1.82) is 0 Å². The van der Waals surface area contributed by atoms with Crippen molar-refractivity contribution >= 4 is 23.6 Å². The number of hydrogen-bond donors (Lipinski definition) is 2. The monoisotopic (exact) mass is 394 g/mol. The van der Waals surface area contributed by atoms with Gasteiger partial charge in [0.15, 0.2) is 5.78 Å². The van der Waals surface area contributed by atoms with Gasteiger partial charge in [-0.2, -0.15) is 0 Å². The van der Waals surface area contributed by atoms with Crippen molar-refractivity contribution in [2.45, 2.75) is 25.3 Å². The maximum atomic E-state index is 12.6. The van der Waals surface area contributed by atoms with E-state index >= 15 is 0 Å². The average Bonchev–Trinajstić information content (AvgIpc) is 3.47. The summed E-state index contributed by atoms with van der Waals surface area (Å²) in [6, 6.07) is 9.60. The summed E-state index contributed by atoms with van der Waals surface area (Å²) in [6.07, 6.45) is 3.78. The third kappa shape index (κ3) is 3.91. The molecule has 0 radical (unpaired) electrons. The van der Waals surface area contributed by atoms with Crippen molar-refractivity contribution in [2.24, 2.45) is 0 Å². The number of amides is 4. The fourth-order valence-corrected chi connectivity index (χ4v) is 3.72. The summed E-state index contributed by atoms with van der Waals surface area (Å²) >= 11 is 0. The molecule has 8 heteroatoms. The second-order valence-corrected chi connectivity index (χ2v) is 7.34. The Morgan fingerprint density at radius 3 is 2.52 bits per heavy atom. The Labute approximate surface area is 167 Å². The molecule has 29 heavy (non-hydrogen) atoms. The SMILES string of the molecule is O=C(CN1C(=O)N[C@@H](Cc2ccccc2)C1=O)c1c[nH]c(C(=O)N2CCCC2)c1. The summed E-state index contributed by atoms with van der Waals surface area (Å²) in [5, 5.41) is 2.64. The topological polar surface area (TPSA) is 103 Å². The van der Waals surface area contributed by atoms with Gasteiger partial charge in [-0.3, -0.25) is 19.3 Å². The molecule has 1 aromatic heterocycles. The molecule has 2 N–H and O–H groups in total. The molecule has 0 bridgehead atoms. The number of benzene rings is 1. The van der Waals surface area contributed by atoms with Gasteiger partial charge in [-0.15, -0.1) is 0 Å². The molecule has 0 saturated carbocycles. The van der Waals surface area contributed by atoms with E-state index in [9.17, 15) is 19.2 Å². The van der Waals surface area contributed by atoms with Crippen LogP contribution >= 0.6 is 0 Å². The van der Waals surface area contributed by atoms with E-state index in [0.29, 0.717) is 25.2 Å². The number of ketones is 1. The first kappa shape index (κ1) is 18.9. The van der Waals surface area contributed by atoms with Gasteiger partial charge in [-0.25, -0.2) is 4.79 Å². The van der Waals surface area contributed by atoms with Gasteiger partial charge in [-0.1, -0.05) is 30.3 Å². The smallest absolute Gasteiger partial charge is 0.325 e. The van der Waals surface area contributed by atoms with Crippen molar-refractivity contribution in [1.82, 2.24) is 20.1 Å². The minimum absolute atomic E-state index is 0.139. The summed E-state index contributed by atoms with van der Waals surface area (Å²) in [5.41, 5.74) is 1.55. The fourth-order valence-electron chi connectivity index (χ4n) is 3.72. The second kappa shape index (κ2) is 7.90. The highest BCUT2D eigenvalue weighted by Gasteiger charge is 2.39. The van der Waals surface area contributed by atoms with Crippen LogP contribution in [0.25, 0.3) is 0 Å². The van der Waals surface area contributed by atoms with Gasteiger partial charge in [-0.05, 0) is 24.5 Å². The largest absolute Gasteiger partial charge is 0.356 e. The van der Waals surface area contributed by atoms with Gasteiger partial charge in [0.2, 0.25) is 0 Å². The number of likely N-dealkylation sites (tertiary alicyclic amines) is 1. The fraction of sp³-hybridized carbons (Fsp3) is 0.333. The number of nitrogens with zero attached hydrogens (tertiary/aromatic N) is 2. The van der Waals surface area contributed by atoms with Gasteiger partial charge < -0.3 is 15.2 Å². The number of aromatic amines is 1. The van der Waals surface area contributed by atoms with Crippen LogP contribution in [0.4, 0.5) is 4.79 Å². The Hall–Kier alpha value is -3.42. The highest BCUT2D eigenvalue weighted by Crippen LogP contribution is 2.16. The zero-order valence-corrected chi connectivity index (χ0v) is 15.9. The molecule has 0 spiro atoms. The summed E-state index contributed by atoms with van der Waals surface area (Å²) < 4.78 is 0. The maximum Gasteiger partial charge on any atom is 0.325 e. The normalized spacial score (nSPS) is 19.0. The lowest BCUT2D eigenvalue weighted by molar-refractivity contribution is -0.127. The Morgan fingerprint density at radius 1 is 1.07 bits per heavy atom. The number of aromatic nitrogens is 1. The van der Waals surface area contributed by atoms with E-state index in [-0.39, 0.29) is 18.0 Å². The van der Waals surface area contributed by atoms with Gasteiger partial charge >= 0.3 is 6.03 Å². The van der Waals surface area contributed by atoms with Crippen molar-refractivity contribution in [3.63, 3.8) is 0 Å². The van der Waals surface area contributed by atoms with Crippen LogP contribution in [0.15, 0.2) is 42.6 Å². The molecule has 2 fully saturated rings. The molecule has 4 rings (SSSR count). The van der Waals surface area contributed by atoms with Gasteiger partial charge in [0, 0.05) is 31.3 Å². The Morgan fingerprint density at radius 2 is 1.79 bits per heavy atom. The number of nitrogens with one attached hydrogen (secondary N) is 2. The lowest BCUT2D eigenvalue weighted by Crippen LogP contribution is -2.36. The van der Waals surface area contributed by atoms with E-state index in [1.807, 2.05) is 30.3 Å². The molecule has 1 atom stereocenters. The average molecular weight is 394 g/mol. The van der Waals surface area contributed by atoms with Crippen LogP contribution in [0.1, 0.15) is 39.3 Å². The molecule has 1 aromatic carbocycles. The molecule has 2 aliphatic heterocycles. The van der Waals surface area contributed by atoms with Crippen LogP contribution in [-0.2, 0) is 11.2 Å². The zero-order valence-electron chi connectivity index (χ0n) is 15.9. The molecule has 2 aliphatic rings. The predicted octanol–water partition coefficient (Wildman–Crippen LogP) is 1.60. The molecule has 2 aromatic rings. The highest BCUT2D eigenvalue weighted by molar-refractivity contribution is 6.09. The first-order valence-corrected chi connectivity index (χ1v) is 9.69. The lowest BCUT2D eigenvalue weighted by atomic mass is 10.1. The van der Waals surface area contributed by atoms with Crippen molar-refractivity contribution in [2.75, 3.05) is 19.6 Å². The van der Waals surface area contributed by atoms with E-state index in [1.54, 1.807) is 4.90 Å².